The van der Waals surface area contributed by atoms with Gasteiger partial charge in [0, 0.05) is 36.8 Å². The zero-order valence-electron chi connectivity index (χ0n) is 13.8. The van der Waals surface area contributed by atoms with Crippen LogP contribution in [0.1, 0.15) is 21.6 Å². The molecule has 0 unspecified atom stereocenters. The molecule has 2 aromatic carbocycles. The number of halogens is 2. The number of hydrogen-bond acceptors (Lipinski definition) is 3. The summed E-state index contributed by atoms with van der Waals surface area (Å²) in [4.78, 5) is 23.4. The predicted octanol–water partition coefficient (Wildman–Crippen LogP) is 4.13. The molecule has 1 aliphatic heterocycles. The van der Waals surface area contributed by atoms with E-state index in [1.807, 2.05) is 30.3 Å². The van der Waals surface area contributed by atoms with Crippen molar-refractivity contribution in [3.05, 3.63) is 82.4 Å². The average molecular weight is 368 g/mol. The van der Waals surface area contributed by atoms with Gasteiger partial charge in [0.15, 0.2) is 5.82 Å². The molecule has 0 saturated heterocycles. The molecule has 6 heteroatoms. The molecular formula is C20H15ClFN3O. The lowest BCUT2D eigenvalue weighted by molar-refractivity contribution is 0.0733. The van der Waals surface area contributed by atoms with Gasteiger partial charge in [-0.15, -0.1) is 0 Å². The maximum Gasteiger partial charge on any atom is 0.255 e. The second-order valence-electron chi connectivity index (χ2n) is 6.13. The van der Waals surface area contributed by atoms with Gasteiger partial charge in [0.1, 0.15) is 5.82 Å². The van der Waals surface area contributed by atoms with Gasteiger partial charge in [0.25, 0.3) is 5.91 Å². The Morgan fingerprint density at radius 2 is 1.96 bits per heavy atom. The largest absolute Gasteiger partial charge is 0.334 e. The number of carbonyl (C=O) groups is 1. The van der Waals surface area contributed by atoms with Crippen LogP contribution in [0.3, 0.4) is 0 Å². The molecule has 0 atom stereocenters. The molecule has 0 fully saturated rings. The van der Waals surface area contributed by atoms with Crippen LogP contribution in [0.4, 0.5) is 4.39 Å². The van der Waals surface area contributed by atoms with Gasteiger partial charge in [-0.1, -0.05) is 41.9 Å². The van der Waals surface area contributed by atoms with Gasteiger partial charge in [0.05, 0.1) is 16.3 Å². The molecular weight excluding hydrogens is 353 g/mol. The van der Waals surface area contributed by atoms with Crippen molar-refractivity contribution >= 4 is 17.5 Å². The smallest absolute Gasteiger partial charge is 0.255 e. The molecule has 0 bridgehead atoms. The standard InChI is InChI=1S/C20H15ClFN3O/c21-17-7-6-15(22)10-16(17)20(26)25-9-8-18-14(12-25)11-23-19(24-18)13-4-2-1-3-5-13/h1-7,10-11H,8-9,12H2. The summed E-state index contributed by atoms with van der Waals surface area (Å²) < 4.78 is 13.5. The Balaban J connectivity index is 1.58. The summed E-state index contributed by atoms with van der Waals surface area (Å²) in [6.07, 6.45) is 2.38. The minimum absolute atomic E-state index is 0.178. The summed E-state index contributed by atoms with van der Waals surface area (Å²) in [6, 6.07) is 13.6. The molecule has 3 aromatic rings. The van der Waals surface area contributed by atoms with Crippen LogP contribution in [0.15, 0.2) is 54.7 Å². The molecule has 1 aromatic heterocycles. The highest BCUT2D eigenvalue weighted by atomic mass is 35.5. The Morgan fingerprint density at radius 3 is 2.77 bits per heavy atom. The monoisotopic (exact) mass is 367 g/mol. The summed E-state index contributed by atoms with van der Waals surface area (Å²) in [5.74, 6) is -0.0874. The number of fused-ring (bicyclic) bond motifs is 1. The van der Waals surface area contributed by atoms with E-state index in [0.717, 1.165) is 16.8 Å². The minimum Gasteiger partial charge on any atom is -0.334 e. The van der Waals surface area contributed by atoms with Crippen molar-refractivity contribution in [2.75, 3.05) is 6.54 Å². The lowest BCUT2D eigenvalue weighted by atomic mass is 10.1. The van der Waals surface area contributed by atoms with Crippen LogP contribution in [0.5, 0.6) is 0 Å². The fourth-order valence-electron chi connectivity index (χ4n) is 3.05. The number of carbonyl (C=O) groups excluding carboxylic acids is 1. The minimum atomic E-state index is -0.481. The quantitative estimate of drug-likeness (QED) is 0.684. The van der Waals surface area contributed by atoms with E-state index >= 15 is 0 Å². The Hall–Kier alpha value is -2.79. The Kier molecular flexibility index (Phi) is 4.39. The summed E-state index contributed by atoms with van der Waals surface area (Å²) in [6.45, 7) is 0.889. The van der Waals surface area contributed by atoms with Gasteiger partial charge in [-0.25, -0.2) is 14.4 Å². The van der Waals surface area contributed by atoms with Gasteiger partial charge in [-0.3, -0.25) is 4.79 Å². The third-order valence-corrected chi connectivity index (χ3v) is 4.74. The summed E-state index contributed by atoms with van der Waals surface area (Å²) in [5, 5.41) is 0.248. The molecule has 0 spiro atoms. The van der Waals surface area contributed by atoms with E-state index in [1.165, 1.54) is 18.2 Å². The number of aromatic nitrogens is 2. The van der Waals surface area contributed by atoms with Gasteiger partial charge in [-0.2, -0.15) is 0 Å². The number of nitrogens with zero attached hydrogens (tertiary/aromatic N) is 3. The van der Waals surface area contributed by atoms with E-state index in [-0.39, 0.29) is 16.5 Å². The molecule has 2 heterocycles. The molecule has 0 saturated carbocycles. The molecule has 4 nitrogen and oxygen atoms in total. The second-order valence-corrected chi connectivity index (χ2v) is 6.54. The highest BCUT2D eigenvalue weighted by molar-refractivity contribution is 6.33. The van der Waals surface area contributed by atoms with Crippen molar-refractivity contribution in [1.29, 1.82) is 0 Å². The van der Waals surface area contributed by atoms with Gasteiger partial charge in [-0.05, 0) is 18.2 Å². The highest BCUT2D eigenvalue weighted by Gasteiger charge is 2.25. The van der Waals surface area contributed by atoms with Crippen molar-refractivity contribution in [1.82, 2.24) is 14.9 Å². The summed E-state index contributed by atoms with van der Waals surface area (Å²) in [7, 11) is 0. The van der Waals surface area contributed by atoms with Gasteiger partial charge < -0.3 is 4.90 Å². The molecule has 130 valence electrons. The normalized spacial score (nSPS) is 13.4. The van der Waals surface area contributed by atoms with E-state index in [1.54, 1.807) is 11.1 Å². The Bertz CT molecular complexity index is 978. The molecule has 0 aliphatic carbocycles. The SMILES string of the molecule is O=C(c1cc(F)ccc1Cl)N1CCc2nc(-c3ccccc3)ncc2C1. The van der Waals surface area contributed by atoms with Crippen LogP contribution >= 0.6 is 11.6 Å². The van der Waals surface area contributed by atoms with Crippen molar-refractivity contribution in [2.24, 2.45) is 0 Å². The molecule has 4 rings (SSSR count). The van der Waals surface area contributed by atoms with E-state index in [4.69, 9.17) is 11.6 Å². The van der Waals surface area contributed by atoms with Crippen molar-refractivity contribution < 1.29 is 9.18 Å². The number of rotatable bonds is 2. The molecule has 26 heavy (non-hydrogen) atoms. The first-order chi connectivity index (χ1) is 12.6. The summed E-state index contributed by atoms with van der Waals surface area (Å²) in [5.41, 5.74) is 2.97. The molecule has 0 radical (unpaired) electrons. The zero-order chi connectivity index (χ0) is 18.1. The first-order valence-corrected chi connectivity index (χ1v) is 8.64. The van der Waals surface area contributed by atoms with Gasteiger partial charge >= 0.3 is 0 Å². The second kappa shape index (κ2) is 6.84. The van der Waals surface area contributed by atoms with Gasteiger partial charge in [0.2, 0.25) is 0 Å². The lowest BCUT2D eigenvalue weighted by Gasteiger charge is -2.28. The van der Waals surface area contributed by atoms with Crippen LogP contribution in [0, 0.1) is 5.82 Å². The van der Waals surface area contributed by atoms with Crippen LogP contribution in [-0.4, -0.2) is 27.3 Å². The predicted molar refractivity (Wildman–Crippen MR) is 97.3 cm³/mol. The maximum absolute atomic E-state index is 13.5. The molecule has 1 aliphatic rings. The van der Waals surface area contributed by atoms with E-state index in [9.17, 15) is 9.18 Å². The molecule has 0 N–H and O–H groups in total. The number of benzene rings is 2. The zero-order valence-corrected chi connectivity index (χ0v) is 14.6. The molecule has 1 amide bonds. The maximum atomic E-state index is 13.5. The number of hydrogen-bond donors (Lipinski definition) is 0. The summed E-state index contributed by atoms with van der Waals surface area (Å²) >= 11 is 6.06. The van der Waals surface area contributed by atoms with Crippen LogP contribution in [0.25, 0.3) is 11.4 Å². The van der Waals surface area contributed by atoms with Crippen LogP contribution in [-0.2, 0) is 13.0 Å². The van der Waals surface area contributed by atoms with Crippen molar-refractivity contribution in [3.63, 3.8) is 0 Å². The number of amides is 1. The van der Waals surface area contributed by atoms with E-state index in [0.29, 0.717) is 25.3 Å². The third-order valence-electron chi connectivity index (χ3n) is 4.41. The topological polar surface area (TPSA) is 46.1 Å². The van der Waals surface area contributed by atoms with Crippen LogP contribution in [0.2, 0.25) is 5.02 Å². The Morgan fingerprint density at radius 1 is 1.15 bits per heavy atom. The average Bonchev–Trinajstić information content (AvgIpc) is 2.69. The fraction of sp³-hybridized carbons (Fsp3) is 0.150. The van der Waals surface area contributed by atoms with Crippen molar-refractivity contribution in [2.45, 2.75) is 13.0 Å². The lowest BCUT2D eigenvalue weighted by Crippen LogP contribution is -2.36. The highest BCUT2D eigenvalue weighted by Crippen LogP contribution is 2.24. The first kappa shape index (κ1) is 16.7. The Labute approximate surface area is 155 Å². The fourth-order valence-corrected chi connectivity index (χ4v) is 3.25. The van der Waals surface area contributed by atoms with Crippen LogP contribution < -0.4 is 0 Å². The van der Waals surface area contributed by atoms with E-state index < -0.39 is 5.82 Å². The first-order valence-electron chi connectivity index (χ1n) is 8.26. The van der Waals surface area contributed by atoms with Crippen molar-refractivity contribution in [3.8, 4) is 11.4 Å². The third kappa shape index (κ3) is 3.18. The van der Waals surface area contributed by atoms with E-state index in [2.05, 4.69) is 9.97 Å².